The van der Waals surface area contributed by atoms with Crippen LogP contribution in [0.15, 0.2) is 30.9 Å². The normalized spacial score (nSPS) is 11.1. The summed E-state index contributed by atoms with van der Waals surface area (Å²) in [7, 11) is 0. The lowest BCUT2D eigenvalue weighted by molar-refractivity contribution is 0.281. The van der Waals surface area contributed by atoms with E-state index in [2.05, 4.69) is 15.0 Å². The molecule has 0 atom stereocenters. The van der Waals surface area contributed by atoms with Crippen molar-refractivity contribution in [3.05, 3.63) is 36.4 Å². The lowest BCUT2D eigenvalue weighted by Crippen LogP contribution is -2.30. The Hall–Kier alpha value is -2.71. The van der Waals surface area contributed by atoms with Gasteiger partial charge in [0.2, 0.25) is 0 Å². The van der Waals surface area contributed by atoms with Crippen LogP contribution < -0.4 is 10.6 Å². The summed E-state index contributed by atoms with van der Waals surface area (Å²) >= 11 is 0. The summed E-state index contributed by atoms with van der Waals surface area (Å²) in [6.07, 6.45) is 3.12. The van der Waals surface area contributed by atoms with Crippen molar-refractivity contribution in [2.45, 2.75) is 6.92 Å². The highest BCUT2D eigenvalue weighted by molar-refractivity contribution is 5.84. The van der Waals surface area contributed by atoms with Crippen molar-refractivity contribution in [2.24, 2.45) is 0 Å². The predicted octanol–water partition coefficient (Wildman–Crippen LogP) is 0.497. The molecule has 2 heterocycles. The second kappa shape index (κ2) is 6.81. The number of aliphatic hydroxyl groups is 2. The van der Waals surface area contributed by atoms with Gasteiger partial charge >= 0.3 is 0 Å². The SMILES string of the molecule is Cc1ccc(-n2cnc3c(N(CCO)CCO)ncnc32)cc1N. The van der Waals surface area contributed by atoms with Crippen LogP contribution in [0.2, 0.25) is 0 Å². The molecule has 8 heteroatoms. The first-order valence-electron chi connectivity index (χ1n) is 7.67. The van der Waals surface area contributed by atoms with Crippen LogP contribution in [0.1, 0.15) is 5.56 Å². The van der Waals surface area contributed by atoms with Gasteiger partial charge in [0.25, 0.3) is 0 Å². The third-order valence-corrected chi connectivity index (χ3v) is 3.89. The molecule has 24 heavy (non-hydrogen) atoms. The van der Waals surface area contributed by atoms with Crippen molar-refractivity contribution in [1.29, 1.82) is 0 Å². The Kier molecular flexibility index (Phi) is 4.59. The highest BCUT2D eigenvalue weighted by Crippen LogP contribution is 2.25. The molecule has 0 amide bonds. The van der Waals surface area contributed by atoms with Crippen molar-refractivity contribution in [2.75, 3.05) is 36.9 Å². The van der Waals surface area contributed by atoms with E-state index >= 15 is 0 Å². The fourth-order valence-electron chi connectivity index (χ4n) is 2.59. The topological polar surface area (TPSA) is 113 Å². The first kappa shape index (κ1) is 16.2. The number of nitrogens with zero attached hydrogens (tertiary/aromatic N) is 5. The maximum absolute atomic E-state index is 9.23. The van der Waals surface area contributed by atoms with Crippen molar-refractivity contribution in [3.8, 4) is 5.69 Å². The molecule has 1 aromatic carbocycles. The molecular formula is C16H20N6O2. The highest BCUT2D eigenvalue weighted by atomic mass is 16.3. The Morgan fingerprint density at radius 1 is 1.12 bits per heavy atom. The minimum atomic E-state index is -0.0410. The molecule has 4 N–H and O–H groups in total. The van der Waals surface area contributed by atoms with Gasteiger partial charge in [0.15, 0.2) is 17.0 Å². The van der Waals surface area contributed by atoms with E-state index in [-0.39, 0.29) is 13.2 Å². The zero-order chi connectivity index (χ0) is 17.1. The fourth-order valence-corrected chi connectivity index (χ4v) is 2.59. The Morgan fingerprint density at radius 2 is 1.88 bits per heavy atom. The average molecular weight is 328 g/mol. The van der Waals surface area contributed by atoms with E-state index < -0.39 is 0 Å². The van der Waals surface area contributed by atoms with Crippen LogP contribution >= 0.6 is 0 Å². The number of fused-ring (bicyclic) bond motifs is 1. The number of aromatic nitrogens is 4. The van der Waals surface area contributed by atoms with Crippen LogP contribution in [0.3, 0.4) is 0 Å². The molecule has 0 saturated heterocycles. The van der Waals surface area contributed by atoms with E-state index in [0.29, 0.717) is 35.8 Å². The van der Waals surface area contributed by atoms with Crippen LogP contribution in [-0.4, -0.2) is 56.0 Å². The number of aliphatic hydroxyl groups excluding tert-OH is 2. The summed E-state index contributed by atoms with van der Waals surface area (Å²) in [5.74, 6) is 0.585. The summed E-state index contributed by atoms with van der Waals surface area (Å²) in [6, 6.07) is 5.77. The zero-order valence-corrected chi connectivity index (χ0v) is 13.4. The molecule has 2 aromatic heterocycles. The monoisotopic (exact) mass is 328 g/mol. The van der Waals surface area contributed by atoms with E-state index in [1.165, 1.54) is 6.33 Å². The quantitative estimate of drug-likeness (QED) is 0.565. The summed E-state index contributed by atoms with van der Waals surface area (Å²) in [5, 5.41) is 18.5. The predicted molar refractivity (Wildman–Crippen MR) is 92.2 cm³/mol. The van der Waals surface area contributed by atoms with Gasteiger partial charge < -0.3 is 20.8 Å². The number of hydrogen-bond acceptors (Lipinski definition) is 7. The lowest BCUT2D eigenvalue weighted by atomic mass is 10.2. The number of nitrogen functional groups attached to an aromatic ring is 1. The molecular weight excluding hydrogens is 308 g/mol. The number of benzene rings is 1. The van der Waals surface area contributed by atoms with Gasteiger partial charge in [0.1, 0.15) is 12.7 Å². The molecule has 0 saturated carbocycles. The molecule has 0 aliphatic rings. The number of rotatable bonds is 6. The minimum absolute atomic E-state index is 0.0410. The molecule has 0 radical (unpaired) electrons. The molecule has 0 spiro atoms. The Balaban J connectivity index is 2.10. The number of aryl methyl sites for hydroxylation is 1. The average Bonchev–Trinajstić information content (AvgIpc) is 3.01. The molecule has 0 aliphatic carbocycles. The van der Waals surface area contributed by atoms with E-state index in [4.69, 9.17) is 5.73 Å². The first-order valence-corrected chi connectivity index (χ1v) is 7.67. The largest absolute Gasteiger partial charge is 0.398 e. The molecule has 3 rings (SSSR count). The maximum Gasteiger partial charge on any atom is 0.170 e. The summed E-state index contributed by atoms with van der Waals surface area (Å²) < 4.78 is 1.84. The lowest BCUT2D eigenvalue weighted by Gasteiger charge is -2.21. The second-order valence-corrected chi connectivity index (χ2v) is 5.46. The Morgan fingerprint density at radius 3 is 2.54 bits per heavy atom. The van der Waals surface area contributed by atoms with E-state index in [0.717, 1.165) is 11.3 Å². The van der Waals surface area contributed by atoms with Gasteiger partial charge in [-0.3, -0.25) is 4.57 Å². The van der Waals surface area contributed by atoms with Gasteiger partial charge in [-0.15, -0.1) is 0 Å². The molecule has 0 fully saturated rings. The first-order chi connectivity index (χ1) is 11.7. The minimum Gasteiger partial charge on any atom is -0.398 e. The van der Waals surface area contributed by atoms with E-state index in [1.807, 2.05) is 29.7 Å². The van der Waals surface area contributed by atoms with Crippen LogP contribution in [0.4, 0.5) is 11.5 Å². The van der Waals surface area contributed by atoms with Gasteiger partial charge in [-0.2, -0.15) is 0 Å². The third kappa shape index (κ3) is 2.89. The van der Waals surface area contributed by atoms with Crippen molar-refractivity contribution in [1.82, 2.24) is 19.5 Å². The van der Waals surface area contributed by atoms with Crippen molar-refractivity contribution < 1.29 is 10.2 Å². The number of hydrogen-bond donors (Lipinski definition) is 3. The number of nitrogens with two attached hydrogens (primary N) is 1. The smallest absolute Gasteiger partial charge is 0.170 e. The van der Waals surface area contributed by atoms with Gasteiger partial charge in [-0.25, -0.2) is 15.0 Å². The second-order valence-electron chi connectivity index (χ2n) is 5.46. The van der Waals surface area contributed by atoms with Gasteiger partial charge in [-0.1, -0.05) is 6.07 Å². The summed E-state index contributed by atoms with van der Waals surface area (Å²) in [6.45, 7) is 2.59. The van der Waals surface area contributed by atoms with Crippen molar-refractivity contribution in [3.63, 3.8) is 0 Å². The number of anilines is 2. The molecule has 126 valence electrons. The third-order valence-electron chi connectivity index (χ3n) is 3.89. The molecule has 3 aromatic rings. The summed E-state index contributed by atoms with van der Waals surface area (Å²) in [4.78, 5) is 14.8. The van der Waals surface area contributed by atoms with E-state index in [1.54, 1.807) is 11.2 Å². The van der Waals surface area contributed by atoms with Gasteiger partial charge in [-0.05, 0) is 24.6 Å². The van der Waals surface area contributed by atoms with Gasteiger partial charge in [0.05, 0.1) is 18.9 Å². The molecule has 8 nitrogen and oxygen atoms in total. The fraction of sp³-hybridized carbons (Fsp3) is 0.312. The maximum atomic E-state index is 9.23. The number of imidazole rings is 1. The summed E-state index contributed by atoms with van der Waals surface area (Å²) in [5.41, 5.74) is 9.82. The molecule has 0 bridgehead atoms. The van der Waals surface area contributed by atoms with Crippen LogP contribution in [0.25, 0.3) is 16.9 Å². The van der Waals surface area contributed by atoms with E-state index in [9.17, 15) is 10.2 Å². The zero-order valence-electron chi connectivity index (χ0n) is 13.4. The van der Waals surface area contributed by atoms with Crippen molar-refractivity contribution >= 4 is 22.7 Å². The Labute approximate surface area is 139 Å². The molecule has 0 aliphatic heterocycles. The highest BCUT2D eigenvalue weighted by Gasteiger charge is 2.16. The standard InChI is InChI=1S/C16H20N6O2/c1-11-2-3-12(8-13(11)17)22-10-20-14-15(18-9-19-16(14)22)21(4-6-23)5-7-24/h2-3,8-10,23-24H,4-7,17H2,1H3. The van der Waals surface area contributed by atoms with Crippen LogP contribution in [-0.2, 0) is 0 Å². The Bertz CT molecular complexity index is 842. The van der Waals surface area contributed by atoms with Crippen LogP contribution in [0.5, 0.6) is 0 Å². The van der Waals surface area contributed by atoms with Gasteiger partial charge in [0, 0.05) is 18.8 Å². The molecule has 0 unspecified atom stereocenters. The van der Waals surface area contributed by atoms with Crippen LogP contribution in [0, 0.1) is 6.92 Å².